The van der Waals surface area contributed by atoms with Gasteiger partial charge in [-0.15, -0.1) is 0 Å². The summed E-state index contributed by atoms with van der Waals surface area (Å²) >= 11 is 0. The van der Waals surface area contributed by atoms with E-state index in [2.05, 4.69) is 44.8 Å². The second-order valence-corrected chi connectivity index (χ2v) is 6.57. The van der Waals surface area contributed by atoms with Crippen LogP contribution in [0.4, 0.5) is 0 Å². The molecule has 0 aromatic carbocycles. The smallest absolute Gasteiger partial charge is 0.0594 e. The van der Waals surface area contributed by atoms with Gasteiger partial charge in [0, 0.05) is 24.7 Å². The van der Waals surface area contributed by atoms with E-state index in [1.54, 1.807) is 0 Å². The highest BCUT2D eigenvalue weighted by atomic mass is 16.5. The Morgan fingerprint density at radius 3 is 2.35 bits per heavy atom. The average molecular weight is 284 g/mol. The second-order valence-electron chi connectivity index (χ2n) is 6.57. The summed E-state index contributed by atoms with van der Waals surface area (Å²) in [6.45, 7) is 16.8. The van der Waals surface area contributed by atoms with Crippen LogP contribution in [-0.4, -0.2) is 49.3 Å². The number of nitrogens with zero attached hydrogens (tertiary/aromatic N) is 1. The van der Waals surface area contributed by atoms with E-state index >= 15 is 0 Å². The third-order valence-electron chi connectivity index (χ3n) is 5.18. The fraction of sp³-hybridized carbons (Fsp3) is 1.00. The van der Waals surface area contributed by atoms with Crippen molar-refractivity contribution in [3.8, 4) is 0 Å². The first kappa shape index (κ1) is 17.9. The van der Waals surface area contributed by atoms with Gasteiger partial charge in [0.25, 0.3) is 0 Å². The molecule has 1 fully saturated rings. The first-order chi connectivity index (χ1) is 9.58. The molecular weight excluding hydrogens is 248 g/mol. The number of hydrogen-bond donors (Lipinski definition) is 1. The molecule has 1 N–H and O–H groups in total. The molecule has 0 saturated carbocycles. The topological polar surface area (TPSA) is 24.5 Å². The molecule has 1 aliphatic heterocycles. The van der Waals surface area contributed by atoms with Crippen molar-refractivity contribution in [1.82, 2.24) is 10.2 Å². The summed E-state index contributed by atoms with van der Waals surface area (Å²) in [5.41, 5.74) is 0.252. The summed E-state index contributed by atoms with van der Waals surface area (Å²) in [6, 6.07) is 0.584. The summed E-state index contributed by atoms with van der Waals surface area (Å²) in [7, 11) is 0. The van der Waals surface area contributed by atoms with E-state index in [0.29, 0.717) is 6.04 Å². The highest BCUT2D eigenvalue weighted by Crippen LogP contribution is 2.29. The monoisotopic (exact) mass is 284 g/mol. The van der Waals surface area contributed by atoms with E-state index in [-0.39, 0.29) is 5.54 Å². The van der Waals surface area contributed by atoms with Crippen LogP contribution in [0.3, 0.4) is 0 Å². The Balaban J connectivity index is 2.79. The highest BCUT2D eigenvalue weighted by molar-refractivity contribution is 4.97. The molecular formula is C17H36N2O. The van der Waals surface area contributed by atoms with Crippen molar-refractivity contribution in [3.63, 3.8) is 0 Å². The number of morpholine rings is 1. The molecule has 0 spiro atoms. The standard InChI is InChI=1S/C17H36N2O/c1-6-9-18-16(14-15(4)7-2)17(5,8-3)19-10-12-20-13-11-19/h15-16,18H,6-14H2,1-5H3. The van der Waals surface area contributed by atoms with Gasteiger partial charge in [-0.2, -0.15) is 0 Å². The Kier molecular flexibility index (Phi) is 8.08. The lowest BCUT2D eigenvalue weighted by Crippen LogP contribution is -2.62. The predicted octanol–water partition coefficient (Wildman–Crippen LogP) is 3.29. The molecule has 1 heterocycles. The van der Waals surface area contributed by atoms with Gasteiger partial charge in [-0.25, -0.2) is 0 Å². The molecule has 120 valence electrons. The molecule has 0 amide bonds. The van der Waals surface area contributed by atoms with Crippen molar-refractivity contribution in [2.45, 2.75) is 71.9 Å². The molecule has 3 atom stereocenters. The molecule has 0 aromatic heterocycles. The van der Waals surface area contributed by atoms with Gasteiger partial charge in [0.15, 0.2) is 0 Å². The zero-order valence-corrected chi connectivity index (χ0v) is 14.4. The van der Waals surface area contributed by atoms with Crippen molar-refractivity contribution in [2.24, 2.45) is 5.92 Å². The zero-order valence-electron chi connectivity index (χ0n) is 14.4. The zero-order chi connectivity index (χ0) is 15.0. The normalized spacial score (nSPS) is 23.2. The minimum Gasteiger partial charge on any atom is -0.379 e. The fourth-order valence-electron chi connectivity index (χ4n) is 3.21. The molecule has 1 saturated heterocycles. The van der Waals surface area contributed by atoms with Gasteiger partial charge in [-0.3, -0.25) is 4.90 Å². The van der Waals surface area contributed by atoms with Crippen molar-refractivity contribution >= 4 is 0 Å². The lowest BCUT2D eigenvalue weighted by Gasteiger charge is -2.49. The fourth-order valence-corrected chi connectivity index (χ4v) is 3.21. The lowest BCUT2D eigenvalue weighted by molar-refractivity contribution is -0.0352. The molecule has 1 rings (SSSR count). The largest absolute Gasteiger partial charge is 0.379 e. The maximum absolute atomic E-state index is 5.54. The van der Waals surface area contributed by atoms with Crippen molar-refractivity contribution in [3.05, 3.63) is 0 Å². The third-order valence-corrected chi connectivity index (χ3v) is 5.18. The van der Waals surface area contributed by atoms with Crippen LogP contribution in [-0.2, 0) is 4.74 Å². The first-order valence-corrected chi connectivity index (χ1v) is 8.64. The van der Waals surface area contributed by atoms with Crippen molar-refractivity contribution in [2.75, 3.05) is 32.8 Å². The minimum atomic E-state index is 0.252. The van der Waals surface area contributed by atoms with Crippen LogP contribution >= 0.6 is 0 Å². The summed E-state index contributed by atoms with van der Waals surface area (Å²) < 4.78 is 5.54. The Morgan fingerprint density at radius 2 is 1.85 bits per heavy atom. The maximum Gasteiger partial charge on any atom is 0.0594 e. The molecule has 0 radical (unpaired) electrons. The molecule has 20 heavy (non-hydrogen) atoms. The number of nitrogens with one attached hydrogen (secondary N) is 1. The molecule has 3 heteroatoms. The van der Waals surface area contributed by atoms with E-state index in [1.165, 1.54) is 25.7 Å². The van der Waals surface area contributed by atoms with Gasteiger partial charge in [0.05, 0.1) is 13.2 Å². The van der Waals surface area contributed by atoms with Crippen LogP contribution in [0.25, 0.3) is 0 Å². The molecule has 3 nitrogen and oxygen atoms in total. The van der Waals surface area contributed by atoms with Crippen LogP contribution in [0.2, 0.25) is 0 Å². The summed E-state index contributed by atoms with van der Waals surface area (Å²) in [5, 5.41) is 3.84. The Bertz CT molecular complexity index is 253. The second kappa shape index (κ2) is 9.01. The molecule has 1 aliphatic rings. The van der Waals surface area contributed by atoms with Crippen LogP contribution in [0.5, 0.6) is 0 Å². The minimum absolute atomic E-state index is 0.252. The van der Waals surface area contributed by atoms with Crippen LogP contribution < -0.4 is 5.32 Å². The highest BCUT2D eigenvalue weighted by Gasteiger charge is 2.38. The van der Waals surface area contributed by atoms with Crippen LogP contribution in [0.15, 0.2) is 0 Å². The van der Waals surface area contributed by atoms with Crippen LogP contribution in [0.1, 0.15) is 60.3 Å². The molecule has 3 unspecified atom stereocenters. The van der Waals surface area contributed by atoms with Gasteiger partial charge in [0.1, 0.15) is 0 Å². The molecule has 0 bridgehead atoms. The van der Waals surface area contributed by atoms with Crippen molar-refractivity contribution in [1.29, 1.82) is 0 Å². The van der Waals surface area contributed by atoms with Gasteiger partial charge < -0.3 is 10.1 Å². The third kappa shape index (κ3) is 4.71. The Morgan fingerprint density at radius 1 is 1.20 bits per heavy atom. The van der Waals surface area contributed by atoms with Gasteiger partial charge in [-0.1, -0.05) is 34.1 Å². The number of hydrogen-bond acceptors (Lipinski definition) is 3. The van der Waals surface area contributed by atoms with E-state index in [4.69, 9.17) is 4.74 Å². The summed E-state index contributed by atoms with van der Waals surface area (Å²) in [6.07, 6.45) is 4.95. The Hall–Kier alpha value is -0.120. The van der Waals surface area contributed by atoms with Gasteiger partial charge >= 0.3 is 0 Å². The lowest BCUT2D eigenvalue weighted by atomic mass is 9.81. The number of rotatable bonds is 9. The molecule has 0 aliphatic carbocycles. The van der Waals surface area contributed by atoms with E-state index in [9.17, 15) is 0 Å². The predicted molar refractivity (Wildman–Crippen MR) is 87.2 cm³/mol. The van der Waals surface area contributed by atoms with Gasteiger partial charge in [0.2, 0.25) is 0 Å². The van der Waals surface area contributed by atoms with E-state index in [1.807, 2.05) is 0 Å². The summed E-state index contributed by atoms with van der Waals surface area (Å²) in [5.74, 6) is 0.788. The quantitative estimate of drug-likeness (QED) is 0.703. The van der Waals surface area contributed by atoms with E-state index in [0.717, 1.165) is 38.8 Å². The number of ether oxygens (including phenoxy) is 1. The van der Waals surface area contributed by atoms with Gasteiger partial charge in [-0.05, 0) is 38.6 Å². The van der Waals surface area contributed by atoms with Crippen molar-refractivity contribution < 1.29 is 4.74 Å². The average Bonchev–Trinajstić information content (AvgIpc) is 2.51. The summed E-state index contributed by atoms with van der Waals surface area (Å²) in [4.78, 5) is 2.66. The molecule has 0 aromatic rings. The van der Waals surface area contributed by atoms with E-state index < -0.39 is 0 Å². The SMILES string of the molecule is CCCNC(CC(C)CC)C(C)(CC)N1CCOCC1. The van der Waals surface area contributed by atoms with Crippen LogP contribution in [0, 0.1) is 5.92 Å². The Labute approximate surface area is 126 Å². The maximum atomic E-state index is 5.54. The first-order valence-electron chi connectivity index (χ1n) is 8.64.